The number of anilines is 1. The summed E-state index contributed by atoms with van der Waals surface area (Å²) in [4.78, 5) is 19.4. The maximum Gasteiger partial charge on any atom is 0.328 e. The molecule has 1 aromatic heterocycles. The van der Waals surface area contributed by atoms with E-state index in [1.54, 1.807) is 19.9 Å². The van der Waals surface area contributed by atoms with Gasteiger partial charge >= 0.3 is 5.97 Å². The van der Waals surface area contributed by atoms with Crippen molar-refractivity contribution in [2.24, 2.45) is 0 Å². The molecule has 0 fully saturated rings. The van der Waals surface area contributed by atoms with Crippen molar-refractivity contribution in [3.05, 3.63) is 12.4 Å². The largest absolute Gasteiger partial charge is 0.478 e. The molecule has 0 bridgehead atoms. The fourth-order valence-electron chi connectivity index (χ4n) is 1.25. The highest BCUT2D eigenvalue weighted by Gasteiger charge is 2.14. The van der Waals surface area contributed by atoms with E-state index in [-0.39, 0.29) is 5.97 Å². The molecule has 0 saturated heterocycles. The fourth-order valence-corrected chi connectivity index (χ4v) is 1.25. The van der Waals surface area contributed by atoms with Crippen molar-refractivity contribution in [3.63, 3.8) is 0 Å². The highest BCUT2D eigenvalue weighted by atomic mass is 16.5. The molecular formula is C12H19N3O3. The number of ether oxygens (including phenoxy) is 2. The smallest absolute Gasteiger partial charge is 0.328 e. The monoisotopic (exact) mass is 253 g/mol. The summed E-state index contributed by atoms with van der Waals surface area (Å²) in [6, 6.07) is 1.20. The quantitative estimate of drug-likeness (QED) is 0.744. The third kappa shape index (κ3) is 4.57. The van der Waals surface area contributed by atoms with Crippen molar-refractivity contribution >= 4 is 11.8 Å². The van der Waals surface area contributed by atoms with Crippen LogP contribution >= 0.6 is 0 Å². The highest BCUT2D eigenvalue weighted by molar-refractivity contribution is 5.78. The average Bonchev–Trinajstić information content (AvgIpc) is 2.37. The van der Waals surface area contributed by atoms with Gasteiger partial charge in [-0.1, -0.05) is 6.92 Å². The van der Waals surface area contributed by atoms with Crippen molar-refractivity contribution in [2.45, 2.75) is 33.2 Å². The Labute approximate surface area is 107 Å². The van der Waals surface area contributed by atoms with E-state index in [0.29, 0.717) is 24.9 Å². The Hall–Kier alpha value is -1.85. The lowest BCUT2D eigenvalue weighted by Crippen LogP contribution is -2.28. The van der Waals surface area contributed by atoms with Gasteiger partial charge in [-0.2, -0.15) is 0 Å². The molecule has 0 spiro atoms. The minimum absolute atomic E-state index is 0.313. The number of aromatic nitrogens is 2. The first kappa shape index (κ1) is 14.2. The lowest BCUT2D eigenvalue weighted by atomic mass is 10.3. The SMILES string of the molecule is CCCOc1cc(NC(C)C(=O)OCC)ncn1. The first-order valence-electron chi connectivity index (χ1n) is 6.05. The molecule has 1 aromatic rings. The molecule has 1 N–H and O–H groups in total. The molecule has 1 atom stereocenters. The zero-order valence-electron chi connectivity index (χ0n) is 11.0. The number of hydrogen-bond donors (Lipinski definition) is 1. The lowest BCUT2D eigenvalue weighted by Gasteiger charge is -2.13. The van der Waals surface area contributed by atoms with Crippen LogP contribution in [0.15, 0.2) is 12.4 Å². The maximum absolute atomic E-state index is 11.4. The predicted molar refractivity (Wildman–Crippen MR) is 67.5 cm³/mol. The first-order chi connectivity index (χ1) is 8.67. The van der Waals surface area contributed by atoms with Gasteiger partial charge in [0.2, 0.25) is 5.88 Å². The maximum atomic E-state index is 11.4. The molecule has 1 unspecified atom stereocenters. The van der Waals surface area contributed by atoms with E-state index in [1.807, 2.05) is 6.92 Å². The van der Waals surface area contributed by atoms with Gasteiger partial charge in [-0.3, -0.25) is 0 Å². The molecule has 0 aliphatic rings. The third-order valence-corrected chi connectivity index (χ3v) is 2.10. The molecule has 0 amide bonds. The van der Waals surface area contributed by atoms with E-state index >= 15 is 0 Å². The number of rotatable bonds is 7. The minimum atomic E-state index is -0.459. The molecule has 0 saturated carbocycles. The Balaban J connectivity index is 2.58. The summed E-state index contributed by atoms with van der Waals surface area (Å²) < 4.78 is 10.3. The molecule has 0 aliphatic carbocycles. The van der Waals surface area contributed by atoms with Crippen LogP contribution in [0.5, 0.6) is 5.88 Å². The molecule has 0 radical (unpaired) electrons. The topological polar surface area (TPSA) is 73.3 Å². The second kappa shape index (κ2) is 7.47. The molecule has 6 heteroatoms. The van der Waals surface area contributed by atoms with E-state index < -0.39 is 6.04 Å². The van der Waals surface area contributed by atoms with Gasteiger partial charge in [-0.15, -0.1) is 0 Å². The molecule has 18 heavy (non-hydrogen) atoms. The predicted octanol–water partition coefficient (Wildman–Crippen LogP) is 1.63. The minimum Gasteiger partial charge on any atom is -0.478 e. The van der Waals surface area contributed by atoms with Gasteiger partial charge in [-0.05, 0) is 20.3 Å². The summed E-state index contributed by atoms with van der Waals surface area (Å²) in [5.41, 5.74) is 0. The second-order valence-electron chi connectivity index (χ2n) is 3.71. The summed E-state index contributed by atoms with van der Waals surface area (Å²) in [6.45, 7) is 6.46. The van der Waals surface area contributed by atoms with E-state index in [1.165, 1.54) is 6.33 Å². The Morgan fingerprint density at radius 3 is 2.89 bits per heavy atom. The summed E-state index contributed by atoms with van der Waals surface area (Å²) in [5, 5.41) is 2.94. The molecule has 1 rings (SSSR count). The number of esters is 1. The number of carbonyl (C=O) groups excluding carboxylic acids is 1. The molecule has 100 valence electrons. The summed E-state index contributed by atoms with van der Waals surface area (Å²) >= 11 is 0. The second-order valence-corrected chi connectivity index (χ2v) is 3.71. The van der Waals surface area contributed by atoms with Crippen LogP contribution in [0.1, 0.15) is 27.2 Å². The van der Waals surface area contributed by atoms with Gasteiger partial charge in [0.1, 0.15) is 18.2 Å². The Morgan fingerprint density at radius 1 is 1.44 bits per heavy atom. The highest BCUT2D eigenvalue weighted by Crippen LogP contribution is 2.12. The van der Waals surface area contributed by atoms with Crippen LogP contribution in [0.2, 0.25) is 0 Å². The zero-order chi connectivity index (χ0) is 13.4. The number of carbonyl (C=O) groups is 1. The first-order valence-corrected chi connectivity index (χ1v) is 6.05. The van der Waals surface area contributed by atoms with Crippen LogP contribution in [0.4, 0.5) is 5.82 Å². The molecule has 0 aromatic carbocycles. The van der Waals surface area contributed by atoms with E-state index in [4.69, 9.17) is 9.47 Å². The molecule has 6 nitrogen and oxygen atoms in total. The van der Waals surface area contributed by atoms with Crippen molar-refractivity contribution in [1.82, 2.24) is 9.97 Å². The van der Waals surface area contributed by atoms with Crippen molar-refractivity contribution in [3.8, 4) is 5.88 Å². The van der Waals surface area contributed by atoms with Gasteiger partial charge in [0.25, 0.3) is 0 Å². The van der Waals surface area contributed by atoms with E-state index in [2.05, 4.69) is 15.3 Å². The number of hydrogen-bond acceptors (Lipinski definition) is 6. The summed E-state index contributed by atoms with van der Waals surface area (Å²) in [7, 11) is 0. The lowest BCUT2D eigenvalue weighted by molar-refractivity contribution is -0.143. The van der Waals surface area contributed by atoms with Crippen LogP contribution in [0, 0.1) is 0 Å². The standard InChI is InChI=1S/C12H19N3O3/c1-4-6-18-11-7-10(13-8-14-11)15-9(3)12(16)17-5-2/h7-9H,4-6H2,1-3H3,(H,13,14,15). The third-order valence-electron chi connectivity index (χ3n) is 2.10. The van der Waals surface area contributed by atoms with Crippen LogP contribution in [-0.2, 0) is 9.53 Å². The Bertz CT molecular complexity index is 385. The van der Waals surface area contributed by atoms with E-state index in [0.717, 1.165) is 6.42 Å². The van der Waals surface area contributed by atoms with Gasteiger partial charge in [0.05, 0.1) is 13.2 Å². The summed E-state index contributed by atoms with van der Waals surface area (Å²) in [5.74, 6) is 0.717. The van der Waals surface area contributed by atoms with Crippen LogP contribution in [-0.4, -0.2) is 35.2 Å². The Morgan fingerprint density at radius 2 is 2.22 bits per heavy atom. The molecule has 0 aliphatic heterocycles. The van der Waals surface area contributed by atoms with Gasteiger partial charge in [0.15, 0.2) is 0 Å². The Kier molecular flexibility index (Phi) is 5.90. The molecule has 1 heterocycles. The molecular weight excluding hydrogens is 234 g/mol. The van der Waals surface area contributed by atoms with Gasteiger partial charge in [-0.25, -0.2) is 14.8 Å². The van der Waals surface area contributed by atoms with Gasteiger partial charge in [0, 0.05) is 6.07 Å². The van der Waals surface area contributed by atoms with Crippen LogP contribution < -0.4 is 10.1 Å². The average molecular weight is 253 g/mol. The fraction of sp³-hybridized carbons (Fsp3) is 0.583. The zero-order valence-corrected chi connectivity index (χ0v) is 11.0. The van der Waals surface area contributed by atoms with Crippen molar-refractivity contribution in [1.29, 1.82) is 0 Å². The van der Waals surface area contributed by atoms with Crippen molar-refractivity contribution < 1.29 is 14.3 Å². The number of nitrogens with zero attached hydrogens (tertiary/aromatic N) is 2. The van der Waals surface area contributed by atoms with Crippen LogP contribution in [0.25, 0.3) is 0 Å². The summed E-state index contributed by atoms with van der Waals surface area (Å²) in [6.07, 6.45) is 2.30. The number of nitrogens with one attached hydrogen (secondary N) is 1. The van der Waals surface area contributed by atoms with Crippen molar-refractivity contribution in [2.75, 3.05) is 18.5 Å². The van der Waals surface area contributed by atoms with E-state index in [9.17, 15) is 4.79 Å². The normalized spacial score (nSPS) is 11.7. The van der Waals surface area contributed by atoms with Gasteiger partial charge < -0.3 is 14.8 Å². The van der Waals surface area contributed by atoms with Crippen LogP contribution in [0.3, 0.4) is 0 Å².